The average Bonchev–Trinajstić information content (AvgIpc) is 3.03. The number of hydrogen-bond acceptors (Lipinski definition) is 6. The molecule has 142 valence electrons. The van der Waals surface area contributed by atoms with Crippen LogP contribution in [0.3, 0.4) is 0 Å². The van der Waals surface area contributed by atoms with E-state index in [4.69, 9.17) is 0 Å². The van der Waals surface area contributed by atoms with E-state index in [0.29, 0.717) is 27.5 Å². The zero-order chi connectivity index (χ0) is 19.4. The van der Waals surface area contributed by atoms with Crippen molar-refractivity contribution in [3.63, 3.8) is 0 Å². The maximum absolute atomic E-state index is 12.2. The number of sulfonamides is 1. The number of thiazole rings is 1. The van der Waals surface area contributed by atoms with Crippen LogP contribution in [-0.2, 0) is 14.8 Å². The van der Waals surface area contributed by atoms with Gasteiger partial charge in [0.05, 0.1) is 15.1 Å². The second-order valence-corrected chi connectivity index (χ2v) is 10.2. The summed E-state index contributed by atoms with van der Waals surface area (Å²) >= 11 is 2.89. The highest BCUT2D eigenvalue weighted by atomic mass is 32.2. The minimum Gasteiger partial charge on any atom is -0.302 e. The van der Waals surface area contributed by atoms with Gasteiger partial charge in [-0.15, -0.1) is 11.8 Å². The lowest BCUT2D eigenvalue weighted by Gasteiger charge is -2.10. The van der Waals surface area contributed by atoms with Gasteiger partial charge in [0.15, 0.2) is 5.13 Å². The summed E-state index contributed by atoms with van der Waals surface area (Å²) in [6, 6.07) is 14.7. The number of thioether (sulfide) groups is 1. The molecule has 1 N–H and O–H groups in total. The number of hydrogen-bond donors (Lipinski definition) is 1. The highest BCUT2D eigenvalue weighted by Gasteiger charge is 2.18. The smallest absolute Gasteiger partial charge is 0.242 e. The van der Waals surface area contributed by atoms with E-state index in [0.717, 1.165) is 4.90 Å². The van der Waals surface area contributed by atoms with Gasteiger partial charge in [-0.05, 0) is 30.3 Å². The standard InChI is InChI=1S/C18H19N3O3S3/c1-21(2)27(23,24)14-8-9-15-16(12-14)26-18(19-15)20-17(22)10-11-25-13-6-4-3-5-7-13/h3-9,12H,10-11H2,1-2H3,(H,19,20,22). The topological polar surface area (TPSA) is 79.4 Å². The zero-order valence-corrected chi connectivity index (χ0v) is 17.3. The van der Waals surface area contributed by atoms with Crippen LogP contribution in [0.4, 0.5) is 5.13 Å². The third-order valence-corrected chi connectivity index (χ3v) is 7.48. The summed E-state index contributed by atoms with van der Waals surface area (Å²) in [5, 5.41) is 3.27. The van der Waals surface area contributed by atoms with Gasteiger partial charge in [-0.1, -0.05) is 29.5 Å². The van der Waals surface area contributed by atoms with E-state index in [9.17, 15) is 13.2 Å². The van der Waals surface area contributed by atoms with Gasteiger partial charge in [-0.3, -0.25) is 4.79 Å². The summed E-state index contributed by atoms with van der Waals surface area (Å²) in [5.41, 5.74) is 0.659. The summed E-state index contributed by atoms with van der Waals surface area (Å²) in [6.07, 6.45) is 0.371. The molecule has 0 spiro atoms. The summed E-state index contributed by atoms with van der Waals surface area (Å²) < 4.78 is 26.4. The van der Waals surface area contributed by atoms with Gasteiger partial charge in [0, 0.05) is 31.2 Å². The number of carbonyl (C=O) groups is 1. The Morgan fingerprint density at radius 3 is 2.63 bits per heavy atom. The van der Waals surface area contributed by atoms with E-state index in [-0.39, 0.29) is 10.8 Å². The Morgan fingerprint density at radius 1 is 1.19 bits per heavy atom. The van der Waals surface area contributed by atoms with Crippen LogP contribution in [0.15, 0.2) is 58.3 Å². The molecule has 0 bridgehead atoms. The normalized spacial score (nSPS) is 11.8. The summed E-state index contributed by atoms with van der Waals surface area (Å²) in [6.45, 7) is 0. The lowest BCUT2D eigenvalue weighted by atomic mass is 10.3. The molecule has 0 aliphatic rings. The van der Waals surface area contributed by atoms with Gasteiger partial charge >= 0.3 is 0 Å². The molecule has 0 atom stereocenters. The van der Waals surface area contributed by atoms with Gasteiger partial charge < -0.3 is 5.32 Å². The van der Waals surface area contributed by atoms with Crippen molar-refractivity contribution in [2.24, 2.45) is 0 Å². The van der Waals surface area contributed by atoms with Crippen LogP contribution in [-0.4, -0.2) is 43.5 Å². The lowest BCUT2D eigenvalue weighted by Crippen LogP contribution is -2.22. The van der Waals surface area contributed by atoms with Crippen molar-refractivity contribution >= 4 is 54.4 Å². The third-order valence-electron chi connectivity index (χ3n) is 3.73. The van der Waals surface area contributed by atoms with Crippen LogP contribution in [0.2, 0.25) is 0 Å². The number of rotatable bonds is 7. The number of anilines is 1. The Labute approximate surface area is 166 Å². The van der Waals surface area contributed by atoms with Crippen LogP contribution < -0.4 is 5.32 Å². The molecule has 3 rings (SSSR count). The molecule has 27 heavy (non-hydrogen) atoms. The molecule has 0 unspecified atom stereocenters. The van der Waals surface area contributed by atoms with E-state index >= 15 is 0 Å². The van der Waals surface area contributed by atoms with Crippen LogP contribution in [0.1, 0.15) is 6.42 Å². The molecule has 1 aromatic heterocycles. The van der Waals surface area contributed by atoms with Crippen LogP contribution in [0.25, 0.3) is 10.2 Å². The predicted molar refractivity (Wildman–Crippen MR) is 111 cm³/mol. The van der Waals surface area contributed by atoms with Crippen LogP contribution >= 0.6 is 23.1 Å². The molecule has 0 radical (unpaired) electrons. The second-order valence-electron chi connectivity index (χ2n) is 5.90. The highest BCUT2D eigenvalue weighted by Crippen LogP contribution is 2.29. The fourth-order valence-electron chi connectivity index (χ4n) is 2.29. The summed E-state index contributed by atoms with van der Waals surface area (Å²) in [5.74, 6) is 0.560. The molecule has 6 nitrogen and oxygen atoms in total. The number of fused-ring (bicyclic) bond motifs is 1. The molecular formula is C18H19N3O3S3. The summed E-state index contributed by atoms with van der Waals surface area (Å²) in [4.78, 5) is 17.8. The first-order valence-corrected chi connectivity index (χ1v) is 11.4. The van der Waals surface area contributed by atoms with Crippen molar-refractivity contribution in [2.75, 3.05) is 25.2 Å². The first-order chi connectivity index (χ1) is 12.9. The molecule has 0 saturated heterocycles. The minimum absolute atomic E-state index is 0.112. The maximum atomic E-state index is 12.2. The van der Waals surface area contributed by atoms with Gasteiger partial charge in [0.1, 0.15) is 0 Å². The summed E-state index contributed by atoms with van der Waals surface area (Å²) in [7, 11) is -0.516. The Hall–Kier alpha value is -1.94. The molecule has 0 fully saturated rings. The van der Waals surface area contributed by atoms with Crippen molar-refractivity contribution < 1.29 is 13.2 Å². The van der Waals surface area contributed by atoms with Crippen molar-refractivity contribution in [1.82, 2.24) is 9.29 Å². The number of nitrogens with one attached hydrogen (secondary N) is 1. The number of nitrogens with zero attached hydrogens (tertiary/aromatic N) is 2. The van der Waals surface area contributed by atoms with Gasteiger partial charge in [0.25, 0.3) is 0 Å². The number of carbonyl (C=O) groups excluding carboxylic acids is 1. The van der Waals surface area contributed by atoms with Crippen molar-refractivity contribution in [2.45, 2.75) is 16.2 Å². The zero-order valence-electron chi connectivity index (χ0n) is 14.9. The quantitative estimate of drug-likeness (QED) is 0.589. The maximum Gasteiger partial charge on any atom is 0.242 e. The molecule has 9 heteroatoms. The fraction of sp³-hybridized carbons (Fsp3) is 0.222. The van der Waals surface area contributed by atoms with Crippen LogP contribution in [0.5, 0.6) is 0 Å². The van der Waals surface area contributed by atoms with E-state index in [1.54, 1.807) is 23.9 Å². The van der Waals surface area contributed by atoms with Crippen molar-refractivity contribution in [1.29, 1.82) is 0 Å². The highest BCUT2D eigenvalue weighted by molar-refractivity contribution is 7.99. The SMILES string of the molecule is CN(C)S(=O)(=O)c1ccc2nc(NC(=O)CCSc3ccccc3)sc2c1. The van der Waals surface area contributed by atoms with E-state index < -0.39 is 10.0 Å². The minimum atomic E-state index is -3.50. The Morgan fingerprint density at radius 2 is 1.93 bits per heavy atom. The van der Waals surface area contributed by atoms with Crippen LogP contribution in [0, 0.1) is 0 Å². The van der Waals surface area contributed by atoms with Gasteiger partial charge in [-0.25, -0.2) is 17.7 Å². The monoisotopic (exact) mass is 421 g/mol. The average molecular weight is 422 g/mol. The molecule has 3 aromatic rings. The number of aromatic nitrogens is 1. The molecule has 0 aliphatic heterocycles. The third kappa shape index (κ3) is 4.86. The molecule has 2 aromatic carbocycles. The first kappa shape index (κ1) is 19.8. The Balaban J connectivity index is 1.64. The molecule has 0 aliphatic carbocycles. The Kier molecular flexibility index (Phi) is 6.15. The molecular weight excluding hydrogens is 402 g/mol. The van der Waals surface area contributed by atoms with E-state index in [1.165, 1.54) is 35.8 Å². The molecule has 1 amide bonds. The number of benzene rings is 2. The predicted octanol–water partition coefficient (Wildman–Crippen LogP) is 3.67. The second kappa shape index (κ2) is 8.39. The molecule has 1 heterocycles. The van der Waals surface area contributed by atoms with E-state index in [1.807, 2.05) is 30.3 Å². The lowest BCUT2D eigenvalue weighted by molar-refractivity contribution is -0.115. The number of amides is 1. The fourth-order valence-corrected chi connectivity index (χ4v) is 5.09. The Bertz CT molecular complexity index is 1050. The largest absolute Gasteiger partial charge is 0.302 e. The van der Waals surface area contributed by atoms with Gasteiger partial charge in [0.2, 0.25) is 15.9 Å². The van der Waals surface area contributed by atoms with Crippen molar-refractivity contribution in [3.8, 4) is 0 Å². The van der Waals surface area contributed by atoms with E-state index in [2.05, 4.69) is 10.3 Å². The van der Waals surface area contributed by atoms with Crippen molar-refractivity contribution in [3.05, 3.63) is 48.5 Å². The first-order valence-electron chi connectivity index (χ1n) is 8.17. The van der Waals surface area contributed by atoms with Gasteiger partial charge in [-0.2, -0.15) is 0 Å². The molecule has 0 saturated carbocycles.